The van der Waals surface area contributed by atoms with E-state index in [1.165, 1.54) is 25.7 Å². The Bertz CT molecular complexity index is 323. The van der Waals surface area contributed by atoms with Gasteiger partial charge >= 0.3 is 0 Å². The predicted molar refractivity (Wildman–Crippen MR) is 61.3 cm³/mol. The first-order valence-corrected chi connectivity index (χ1v) is 5.76. The molecule has 1 aliphatic carbocycles. The summed E-state index contributed by atoms with van der Waals surface area (Å²) in [6, 6.07) is 4.09. The fourth-order valence-electron chi connectivity index (χ4n) is 2.41. The average Bonchev–Trinajstić information content (AvgIpc) is 2.72. The minimum atomic E-state index is 0.216. The number of nitrogens with zero attached hydrogens (tertiary/aromatic N) is 1. The lowest BCUT2D eigenvalue weighted by Gasteiger charge is -2.22. The lowest BCUT2D eigenvalue weighted by Crippen LogP contribution is -2.32. The van der Waals surface area contributed by atoms with Crippen LogP contribution in [0, 0.1) is 5.92 Å². The first-order valence-electron chi connectivity index (χ1n) is 5.39. The lowest BCUT2D eigenvalue weighted by molar-refractivity contribution is 0.373. The fourth-order valence-corrected chi connectivity index (χ4v) is 2.59. The van der Waals surface area contributed by atoms with E-state index in [1.807, 2.05) is 12.1 Å². The van der Waals surface area contributed by atoms with Crippen molar-refractivity contribution in [3.05, 3.63) is 29.0 Å². The molecular weight excluding hydrogens is 210 g/mol. The highest BCUT2D eigenvalue weighted by Gasteiger charge is 2.25. The number of halogens is 1. The highest BCUT2D eigenvalue weighted by Crippen LogP contribution is 2.35. The maximum atomic E-state index is 5.87. The van der Waals surface area contributed by atoms with E-state index in [0.29, 0.717) is 11.1 Å². The van der Waals surface area contributed by atoms with Crippen LogP contribution in [0.1, 0.15) is 37.3 Å². The van der Waals surface area contributed by atoms with Crippen molar-refractivity contribution in [2.24, 2.45) is 11.8 Å². The summed E-state index contributed by atoms with van der Waals surface area (Å²) in [6.07, 6.45) is 6.84. The Kier molecular flexibility index (Phi) is 3.57. The number of pyridine rings is 1. The van der Waals surface area contributed by atoms with Gasteiger partial charge in [-0.05, 0) is 36.5 Å². The first kappa shape index (κ1) is 10.9. The molecule has 0 aromatic carbocycles. The van der Waals surface area contributed by atoms with Gasteiger partial charge in [-0.3, -0.25) is 11.3 Å². The van der Waals surface area contributed by atoms with E-state index < -0.39 is 0 Å². The van der Waals surface area contributed by atoms with Crippen LogP contribution >= 0.6 is 11.6 Å². The Hall–Kier alpha value is -0.640. The van der Waals surface area contributed by atoms with Crippen LogP contribution in [-0.4, -0.2) is 4.98 Å². The minimum Gasteiger partial charge on any atom is -0.271 e. The summed E-state index contributed by atoms with van der Waals surface area (Å²) in [7, 11) is 0. The van der Waals surface area contributed by atoms with Crippen LogP contribution < -0.4 is 11.3 Å². The SMILES string of the molecule is NNC(c1ccnc(Cl)c1)C1CCCC1. The third-order valence-electron chi connectivity index (χ3n) is 3.16. The number of nitrogens with two attached hydrogens (primary N) is 1. The summed E-state index contributed by atoms with van der Waals surface area (Å²) in [5.74, 6) is 6.25. The predicted octanol–water partition coefficient (Wildman–Crippen LogP) is 2.43. The van der Waals surface area contributed by atoms with Gasteiger partial charge in [0.1, 0.15) is 5.15 Å². The van der Waals surface area contributed by atoms with E-state index in [-0.39, 0.29) is 6.04 Å². The van der Waals surface area contributed by atoms with Crippen LogP contribution in [0.4, 0.5) is 0 Å². The Morgan fingerprint density at radius 3 is 2.80 bits per heavy atom. The maximum Gasteiger partial charge on any atom is 0.129 e. The second-order valence-corrected chi connectivity index (χ2v) is 4.49. The van der Waals surface area contributed by atoms with Crippen molar-refractivity contribution in [2.45, 2.75) is 31.7 Å². The highest BCUT2D eigenvalue weighted by molar-refractivity contribution is 6.29. The molecule has 1 fully saturated rings. The quantitative estimate of drug-likeness (QED) is 0.472. The van der Waals surface area contributed by atoms with Gasteiger partial charge < -0.3 is 0 Å². The van der Waals surface area contributed by atoms with Gasteiger partial charge in [-0.1, -0.05) is 24.4 Å². The zero-order valence-electron chi connectivity index (χ0n) is 8.62. The van der Waals surface area contributed by atoms with Gasteiger partial charge in [-0.25, -0.2) is 4.98 Å². The molecule has 1 atom stereocenters. The van der Waals surface area contributed by atoms with Gasteiger partial charge in [0, 0.05) is 12.2 Å². The molecule has 1 aromatic rings. The monoisotopic (exact) mass is 225 g/mol. The van der Waals surface area contributed by atoms with Gasteiger partial charge in [-0.15, -0.1) is 0 Å². The standard InChI is InChI=1S/C11H16ClN3/c12-10-7-9(5-6-14-10)11(15-13)8-3-1-2-4-8/h5-8,11,15H,1-4,13H2. The summed E-state index contributed by atoms with van der Waals surface area (Å²) in [5, 5.41) is 0.533. The van der Waals surface area contributed by atoms with Crippen molar-refractivity contribution in [3.63, 3.8) is 0 Å². The molecule has 3 nitrogen and oxygen atoms in total. The molecule has 1 unspecified atom stereocenters. The smallest absolute Gasteiger partial charge is 0.129 e. The normalized spacial score (nSPS) is 19.3. The van der Waals surface area contributed by atoms with Gasteiger partial charge in [0.15, 0.2) is 0 Å². The molecule has 4 heteroatoms. The first-order chi connectivity index (χ1) is 7.31. The fraction of sp³-hybridized carbons (Fsp3) is 0.545. The summed E-state index contributed by atoms with van der Waals surface area (Å²) in [6.45, 7) is 0. The van der Waals surface area contributed by atoms with Crippen molar-refractivity contribution in [2.75, 3.05) is 0 Å². The Morgan fingerprint density at radius 2 is 2.20 bits per heavy atom. The summed E-state index contributed by atoms with van der Waals surface area (Å²) in [4.78, 5) is 3.98. The number of nitrogens with one attached hydrogen (secondary N) is 1. The molecule has 3 N–H and O–H groups in total. The van der Waals surface area contributed by atoms with Crippen LogP contribution in [0.5, 0.6) is 0 Å². The molecule has 0 saturated heterocycles. The maximum absolute atomic E-state index is 5.87. The molecule has 1 saturated carbocycles. The molecule has 15 heavy (non-hydrogen) atoms. The number of hydrogen-bond donors (Lipinski definition) is 2. The molecule has 1 aliphatic rings. The minimum absolute atomic E-state index is 0.216. The summed E-state index contributed by atoms with van der Waals surface area (Å²) < 4.78 is 0. The van der Waals surface area contributed by atoms with Gasteiger partial charge in [0.25, 0.3) is 0 Å². The van der Waals surface area contributed by atoms with Crippen LogP contribution in [-0.2, 0) is 0 Å². The second kappa shape index (κ2) is 4.92. The topological polar surface area (TPSA) is 50.9 Å². The van der Waals surface area contributed by atoms with E-state index in [0.717, 1.165) is 5.56 Å². The zero-order chi connectivity index (χ0) is 10.7. The Balaban J connectivity index is 2.18. The van der Waals surface area contributed by atoms with Gasteiger partial charge in [-0.2, -0.15) is 0 Å². The van der Waals surface area contributed by atoms with E-state index in [4.69, 9.17) is 17.4 Å². The molecule has 0 amide bonds. The molecule has 0 spiro atoms. The van der Waals surface area contributed by atoms with Crippen LogP contribution in [0.3, 0.4) is 0 Å². The van der Waals surface area contributed by atoms with Crippen molar-refractivity contribution in [1.29, 1.82) is 0 Å². The van der Waals surface area contributed by atoms with E-state index >= 15 is 0 Å². The van der Waals surface area contributed by atoms with Gasteiger partial charge in [0.2, 0.25) is 0 Å². The van der Waals surface area contributed by atoms with Crippen molar-refractivity contribution < 1.29 is 0 Å². The molecule has 1 aromatic heterocycles. The van der Waals surface area contributed by atoms with Crippen LogP contribution in [0.25, 0.3) is 0 Å². The van der Waals surface area contributed by atoms with Crippen LogP contribution in [0.15, 0.2) is 18.3 Å². The van der Waals surface area contributed by atoms with E-state index in [9.17, 15) is 0 Å². The zero-order valence-corrected chi connectivity index (χ0v) is 9.37. The second-order valence-electron chi connectivity index (χ2n) is 4.10. The average molecular weight is 226 g/mol. The van der Waals surface area contributed by atoms with Crippen molar-refractivity contribution in [1.82, 2.24) is 10.4 Å². The third kappa shape index (κ3) is 2.48. The van der Waals surface area contributed by atoms with Crippen molar-refractivity contribution >= 4 is 11.6 Å². The third-order valence-corrected chi connectivity index (χ3v) is 3.37. The molecule has 2 rings (SSSR count). The summed E-state index contributed by atoms with van der Waals surface area (Å²) >= 11 is 5.87. The molecule has 0 radical (unpaired) electrons. The molecule has 1 heterocycles. The van der Waals surface area contributed by atoms with Gasteiger partial charge in [0.05, 0.1) is 0 Å². The van der Waals surface area contributed by atoms with Crippen molar-refractivity contribution in [3.8, 4) is 0 Å². The summed E-state index contributed by atoms with van der Waals surface area (Å²) in [5.41, 5.74) is 4.04. The number of hydrogen-bond acceptors (Lipinski definition) is 3. The lowest BCUT2D eigenvalue weighted by atomic mass is 9.93. The molecule has 82 valence electrons. The molecule has 0 bridgehead atoms. The number of hydrazine groups is 1. The van der Waals surface area contributed by atoms with E-state index in [1.54, 1.807) is 6.20 Å². The Labute approximate surface area is 95.0 Å². The number of rotatable bonds is 3. The molecule has 0 aliphatic heterocycles. The highest BCUT2D eigenvalue weighted by atomic mass is 35.5. The largest absolute Gasteiger partial charge is 0.271 e. The van der Waals surface area contributed by atoms with Crippen LogP contribution in [0.2, 0.25) is 5.15 Å². The molecular formula is C11H16ClN3. The Morgan fingerprint density at radius 1 is 1.47 bits per heavy atom. The number of aromatic nitrogens is 1. The van der Waals surface area contributed by atoms with E-state index in [2.05, 4.69) is 10.4 Å².